The summed E-state index contributed by atoms with van der Waals surface area (Å²) < 4.78 is 0. The highest BCUT2D eigenvalue weighted by Gasteiger charge is 2.27. The zero-order valence-electron chi connectivity index (χ0n) is 13.6. The lowest BCUT2D eigenvalue weighted by Crippen LogP contribution is -2.45. The summed E-state index contributed by atoms with van der Waals surface area (Å²) in [5, 5.41) is 3.32. The molecule has 0 fully saturated rings. The van der Waals surface area contributed by atoms with Gasteiger partial charge in [0.1, 0.15) is 5.78 Å². The predicted octanol–water partition coefficient (Wildman–Crippen LogP) is 3.22. The fourth-order valence-electron chi connectivity index (χ4n) is 2.35. The molecule has 0 spiro atoms. The SMILES string of the molecule is CC(=O)C(CC(=O)C(NC(C)C)C(C)C)CC(C)C. The molecule has 0 aliphatic rings. The Morgan fingerprint density at radius 2 is 1.53 bits per heavy atom. The molecular weight excluding hydrogens is 238 g/mol. The van der Waals surface area contributed by atoms with Crippen LogP contribution in [0.1, 0.15) is 61.3 Å². The Labute approximate surface area is 118 Å². The van der Waals surface area contributed by atoms with E-state index in [0.717, 1.165) is 6.42 Å². The van der Waals surface area contributed by atoms with E-state index in [4.69, 9.17) is 0 Å². The molecule has 19 heavy (non-hydrogen) atoms. The number of nitrogens with one attached hydrogen (secondary N) is 1. The van der Waals surface area contributed by atoms with Crippen molar-refractivity contribution in [3.63, 3.8) is 0 Å². The van der Waals surface area contributed by atoms with E-state index in [1.54, 1.807) is 6.92 Å². The number of ketones is 2. The molecule has 2 atom stereocenters. The van der Waals surface area contributed by atoms with Gasteiger partial charge in [-0.25, -0.2) is 0 Å². The third-order valence-corrected chi connectivity index (χ3v) is 3.30. The van der Waals surface area contributed by atoms with Gasteiger partial charge < -0.3 is 5.32 Å². The second kappa shape index (κ2) is 8.47. The van der Waals surface area contributed by atoms with E-state index in [9.17, 15) is 9.59 Å². The minimum absolute atomic E-state index is 0.122. The van der Waals surface area contributed by atoms with Crippen LogP contribution < -0.4 is 5.32 Å². The first-order chi connectivity index (χ1) is 8.65. The molecule has 3 heteroatoms. The van der Waals surface area contributed by atoms with Gasteiger partial charge in [-0.3, -0.25) is 9.59 Å². The van der Waals surface area contributed by atoms with Crippen molar-refractivity contribution >= 4 is 11.6 Å². The predicted molar refractivity (Wildman–Crippen MR) is 80.1 cm³/mol. The molecule has 1 N–H and O–H groups in total. The van der Waals surface area contributed by atoms with Crippen molar-refractivity contribution in [2.24, 2.45) is 17.8 Å². The maximum Gasteiger partial charge on any atom is 0.150 e. The van der Waals surface area contributed by atoms with E-state index >= 15 is 0 Å². The number of hydrogen-bond donors (Lipinski definition) is 1. The van der Waals surface area contributed by atoms with Crippen LogP contribution in [0.25, 0.3) is 0 Å². The summed E-state index contributed by atoms with van der Waals surface area (Å²) >= 11 is 0. The molecule has 2 unspecified atom stereocenters. The van der Waals surface area contributed by atoms with Gasteiger partial charge in [-0.1, -0.05) is 41.5 Å². The van der Waals surface area contributed by atoms with Crippen LogP contribution in [0.15, 0.2) is 0 Å². The molecule has 0 amide bonds. The average molecular weight is 269 g/mol. The fraction of sp³-hybridized carbons (Fsp3) is 0.875. The van der Waals surface area contributed by atoms with Gasteiger partial charge in [0.05, 0.1) is 6.04 Å². The summed E-state index contributed by atoms with van der Waals surface area (Å²) in [7, 11) is 0. The first-order valence-corrected chi connectivity index (χ1v) is 7.44. The highest BCUT2D eigenvalue weighted by atomic mass is 16.1. The number of hydrogen-bond acceptors (Lipinski definition) is 3. The molecular formula is C16H31NO2. The Bertz CT molecular complexity index is 295. The molecule has 0 aliphatic heterocycles. The molecule has 0 saturated carbocycles. The lowest BCUT2D eigenvalue weighted by molar-refractivity contribution is -0.129. The average Bonchev–Trinajstić information content (AvgIpc) is 2.23. The molecule has 0 aromatic rings. The molecule has 0 heterocycles. The minimum atomic E-state index is -0.144. The van der Waals surface area contributed by atoms with E-state index in [2.05, 4.69) is 19.2 Å². The fourth-order valence-corrected chi connectivity index (χ4v) is 2.35. The standard InChI is InChI=1S/C16H31NO2/c1-10(2)8-14(13(7)18)9-15(19)16(11(3)4)17-12(5)6/h10-12,14,16-17H,8-9H2,1-7H3. The van der Waals surface area contributed by atoms with Crippen LogP contribution in [-0.2, 0) is 9.59 Å². The molecule has 112 valence electrons. The van der Waals surface area contributed by atoms with E-state index in [1.165, 1.54) is 0 Å². The second-order valence-corrected chi connectivity index (χ2v) is 6.65. The number of carbonyl (C=O) groups excluding carboxylic acids is 2. The van der Waals surface area contributed by atoms with Crippen LogP contribution in [0.5, 0.6) is 0 Å². The first-order valence-electron chi connectivity index (χ1n) is 7.44. The molecule has 0 rings (SSSR count). The summed E-state index contributed by atoms with van der Waals surface area (Å²) in [5.74, 6) is 0.875. The molecule has 0 radical (unpaired) electrons. The van der Waals surface area contributed by atoms with E-state index in [-0.39, 0.29) is 35.5 Å². The van der Waals surface area contributed by atoms with Crippen LogP contribution in [0.3, 0.4) is 0 Å². The maximum atomic E-state index is 12.4. The molecule has 0 aromatic carbocycles. The smallest absolute Gasteiger partial charge is 0.150 e. The van der Waals surface area contributed by atoms with Crippen LogP contribution in [0.4, 0.5) is 0 Å². The zero-order valence-corrected chi connectivity index (χ0v) is 13.6. The van der Waals surface area contributed by atoms with Crippen molar-refractivity contribution in [3.8, 4) is 0 Å². The third-order valence-electron chi connectivity index (χ3n) is 3.30. The summed E-state index contributed by atoms with van der Waals surface area (Å²) in [6.45, 7) is 13.9. The van der Waals surface area contributed by atoms with Crippen molar-refractivity contribution in [2.75, 3.05) is 0 Å². The summed E-state index contributed by atoms with van der Waals surface area (Å²) in [6.07, 6.45) is 1.17. The second-order valence-electron chi connectivity index (χ2n) is 6.65. The maximum absolute atomic E-state index is 12.4. The van der Waals surface area contributed by atoms with E-state index < -0.39 is 0 Å². The van der Waals surface area contributed by atoms with Gasteiger partial charge in [-0.05, 0) is 25.2 Å². The number of Topliss-reactive ketones (excluding diaryl/α,β-unsaturated/α-hetero) is 2. The summed E-state index contributed by atoms with van der Waals surface area (Å²) in [4.78, 5) is 24.1. The molecule has 0 aromatic heterocycles. The Morgan fingerprint density at radius 1 is 1.00 bits per heavy atom. The van der Waals surface area contributed by atoms with Crippen molar-refractivity contribution in [2.45, 2.75) is 73.4 Å². The van der Waals surface area contributed by atoms with Crippen molar-refractivity contribution < 1.29 is 9.59 Å². The topological polar surface area (TPSA) is 46.2 Å². The number of rotatable bonds is 9. The largest absolute Gasteiger partial charge is 0.305 e. The van der Waals surface area contributed by atoms with Crippen LogP contribution in [0.2, 0.25) is 0 Å². The quantitative estimate of drug-likeness (QED) is 0.699. The zero-order chi connectivity index (χ0) is 15.2. The summed E-state index contributed by atoms with van der Waals surface area (Å²) in [5.41, 5.74) is 0. The van der Waals surface area contributed by atoms with Crippen LogP contribution in [-0.4, -0.2) is 23.7 Å². The third kappa shape index (κ3) is 7.46. The monoisotopic (exact) mass is 269 g/mol. The van der Waals surface area contributed by atoms with Crippen molar-refractivity contribution in [1.29, 1.82) is 0 Å². The van der Waals surface area contributed by atoms with E-state index in [0.29, 0.717) is 12.3 Å². The van der Waals surface area contributed by atoms with Gasteiger partial charge in [0.15, 0.2) is 5.78 Å². The van der Waals surface area contributed by atoms with Crippen LogP contribution in [0, 0.1) is 17.8 Å². The normalized spacial score (nSPS) is 15.1. The Hall–Kier alpha value is -0.700. The van der Waals surface area contributed by atoms with E-state index in [1.807, 2.05) is 27.7 Å². The van der Waals surface area contributed by atoms with Gasteiger partial charge in [0, 0.05) is 18.4 Å². The minimum Gasteiger partial charge on any atom is -0.305 e. The van der Waals surface area contributed by atoms with Crippen molar-refractivity contribution in [3.05, 3.63) is 0 Å². The van der Waals surface area contributed by atoms with Crippen LogP contribution >= 0.6 is 0 Å². The van der Waals surface area contributed by atoms with Gasteiger partial charge in [0.2, 0.25) is 0 Å². The Balaban J connectivity index is 4.71. The number of carbonyl (C=O) groups is 2. The van der Waals surface area contributed by atoms with Gasteiger partial charge in [-0.15, -0.1) is 0 Å². The first kappa shape index (κ1) is 18.3. The molecule has 3 nitrogen and oxygen atoms in total. The van der Waals surface area contributed by atoms with Gasteiger partial charge in [-0.2, -0.15) is 0 Å². The van der Waals surface area contributed by atoms with Gasteiger partial charge in [0.25, 0.3) is 0 Å². The molecule has 0 aliphatic carbocycles. The lowest BCUT2D eigenvalue weighted by Gasteiger charge is -2.25. The summed E-state index contributed by atoms with van der Waals surface area (Å²) in [6, 6.07) is 0.131. The lowest BCUT2D eigenvalue weighted by atomic mass is 9.86. The highest BCUT2D eigenvalue weighted by Crippen LogP contribution is 2.19. The Kier molecular flexibility index (Phi) is 8.15. The van der Waals surface area contributed by atoms with Crippen molar-refractivity contribution in [1.82, 2.24) is 5.32 Å². The molecule has 0 saturated heterocycles. The van der Waals surface area contributed by atoms with Gasteiger partial charge >= 0.3 is 0 Å². The highest BCUT2D eigenvalue weighted by molar-refractivity contribution is 5.89. The molecule has 0 bridgehead atoms. The Morgan fingerprint density at radius 3 is 1.84 bits per heavy atom.